The Morgan fingerprint density at radius 3 is 2.69 bits per heavy atom. The smallest absolute Gasteiger partial charge is 0.120 e. The molecule has 1 rings (SSSR count). The molecule has 1 aromatic carbocycles. The quantitative estimate of drug-likeness (QED) is 0.740. The summed E-state index contributed by atoms with van der Waals surface area (Å²) in [5.41, 5.74) is 2.45. The lowest BCUT2D eigenvalue weighted by Crippen LogP contribution is -1.94. The third-order valence-electron chi connectivity index (χ3n) is 2.08. The van der Waals surface area contributed by atoms with Crippen molar-refractivity contribution in [3.63, 3.8) is 0 Å². The average molecular weight is 241 g/mol. The monoisotopic (exact) mass is 240 g/mol. The van der Waals surface area contributed by atoms with E-state index in [0.717, 1.165) is 10.8 Å². The number of rotatable bonds is 3. The summed E-state index contributed by atoms with van der Waals surface area (Å²) < 4.78 is 1.08. The summed E-state index contributed by atoms with van der Waals surface area (Å²) in [6, 6.07) is 6.26. The van der Waals surface area contributed by atoms with Gasteiger partial charge in [-0.2, -0.15) is 0 Å². The van der Waals surface area contributed by atoms with E-state index in [4.69, 9.17) is 0 Å². The van der Waals surface area contributed by atoms with Crippen molar-refractivity contribution in [2.75, 3.05) is 0 Å². The van der Waals surface area contributed by atoms with E-state index < -0.39 is 0 Å². The maximum absolute atomic E-state index is 10.3. The molecule has 0 spiro atoms. The Kier molecular flexibility index (Phi) is 3.67. The molecule has 1 atom stereocenters. The molecule has 70 valence electrons. The van der Waals surface area contributed by atoms with E-state index >= 15 is 0 Å². The van der Waals surface area contributed by atoms with Crippen LogP contribution in [0.15, 0.2) is 22.7 Å². The van der Waals surface area contributed by atoms with Crippen molar-refractivity contribution in [3.8, 4) is 0 Å². The first-order valence-electron chi connectivity index (χ1n) is 4.34. The van der Waals surface area contributed by atoms with Gasteiger partial charge in [0.1, 0.15) is 6.29 Å². The van der Waals surface area contributed by atoms with Crippen molar-refractivity contribution in [2.24, 2.45) is 0 Å². The first kappa shape index (κ1) is 10.5. The highest BCUT2D eigenvalue weighted by Crippen LogP contribution is 2.23. The van der Waals surface area contributed by atoms with Crippen molar-refractivity contribution >= 4 is 22.2 Å². The molecular formula is C11H13BrO. The molecule has 0 fully saturated rings. The van der Waals surface area contributed by atoms with Gasteiger partial charge in [-0.15, -0.1) is 0 Å². The Balaban J connectivity index is 2.93. The van der Waals surface area contributed by atoms with Gasteiger partial charge in [-0.1, -0.05) is 28.9 Å². The van der Waals surface area contributed by atoms with E-state index in [1.54, 1.807) is 0 Å². The second-order valence-corrected chi connectivity index (χ2v) is 4.28. The number of carbonyl (C=O) groups excluding carboxylic acids is 1. The molecule has 0 saturated heterocycles. The first-order chi connectivity index (χ1) is 6.13. The van der Waals surface area contributed by atoms with E-state index in [0.29, 0.717) is 12.3 Å². The third kappa shape index (κ3) is 2.96. The molecule has 0 aliphatic carbocycles. The highest BCUT2D eigenvalue weighted by molar-refractivity contribution is 9.10. The number of halogens is 1. The number of hydrogen-bond acceptors (Lipinski definition) is 1. The number of hydrogen-bond donors (Lipinski definition) is 0. The molecular weight excluding hydrogens is 228 g/mol. The summed E-state index contributed by atoms with van der Waals surface area (Å²) in [5, 5.41) is 0. The van der Waals surface area contributed by atoms with Crippen LogP contribution >= 0.6 is 15.9 Å². The molecule has 0 heterocycles. The molecule has 2 heteroatoms. The third-order valence-corrected chi connectivity index (χ3v) is 2.54. The summed E-state index contributed by atoms with van der Waals surface area (Å²) in [6.45, 7) is 4.12. The summed E-state index contributed by atoms with van der Waals surface area (Å²) >= 11 is 3.44. The highest BCUT2D eigenvalue weighted by Gasteiger charge is 2.05. The van der Waals surface area contributed by atoms with Gasteiger partial charge in [0.2, 0.25) is 0 Å². The summed E-state index contributed by atoms with van der Waals surface area (Å²) in [6.07, 6.45) is 1.57. The van der Waals surface area contributed by atoms with Crippen LogP contribution in [0.4, 0.5) is 0 Å². The van der Waals surface area contributed by atoms with Gasteiger partial charge in [-0.3, -0.25) is 0 Å². The summed E-state index contributed by atoms with van der Waals surface area (Å²) in [7, 11) is 0. The van der Waals surface area contributed by atoms with Gasteiger partial charge >= 0.3 is 0 Å². The summed E-state index contributed by atoms with van der Waals surface area (Å²) in [4.78, 5) is 10.3. The van der Waals surface area contributed by atoms with Gasteiger partial charge in [0, 0.05) is 10.9 Å². The van der Waals surface area contributed by atoms with Gasteiger partial charge < -0.3 is 4.79 Å². The molecule has 0 bridgehead atoms. The second-order valence-electron chi connectivity index (χ2n) is 3.37. The Morgan fingerprint density at radius 1 is 1.46 bits per heavy atom. The highest BCUT2D eigenvalue weighted by atomic mass is 79.9. The van der Waals surface area contributed by atoms with Crippen LogP contribution in [-0.2, 0) is 4.79 Å². The van der Waals surface area contributed by atoms with Crippen LogP contribution in [0.25, 0.3) is 0 Å². The van der Waals surface area contributed by atoms with Crippen LogP contribution in [0.2, 0.25) is 0 Å². The van der Waals surface area contributed by atoms with Gasteiger partial charge in [0.05, 0.1) is 0 Å². The molecule has 0 radical (unpaired) electrons. The minimum Gasteiger partial charge on any atom is -0.303 e. The lowest BCUT2D eigenvalue weighted by atomic mass is 9.97. The largest absolute Gasteiger partial charge is 0.303 e. The zero-order valence-electron chi connectivity index (χ0n) is 7.88. The predicted octanol–water partition coefficient (Wildman–Crippen LogP) is 3.45. The zero-order valence-corrected chi connectivity index (χ0v) is 9.47. The summed E-state index contributed by atoms with van der Waals surface area (Å²) in [5.74, 6) is 0.314. The maximum Gasteiger partial charge on any atom is 0.120 e. The Morgan fingerprint density at radius 2 is 2.15 bits per heavy atom. The minimum absolute atomic E-state index is 0.314. The molecule has 1 nitrogen and oxygen atoms in total. The van der Waals surface area contributed by atoms with Gasteiger partial charge in [0.15, 0.2) is 0 Å². The number of aryl methyl sites for hydroxylation is 1. The Hall–Kier alpha value is -0.630. The van der Waals surface area contributed by atoms with E-state index in [9.17, 15) is 4.79 Å². The Bertz CT molecular complexity index is 287. The molecule has 0 aliphatic heterocycles. The number of aldehydes is 1. The van der Waals surface area contributed by atoms with Crippen molar-refractivity contribution < 1.29 is 4.79 Å². The van der Waals surface area contributed by atoms with Crippen molar-refractivity contribution in [1.82, 2.24) is 0 Å². The predicted molar refractivity (Wildman–Crippen MR) is 58.0 cm³/mol. The minimum atomic E-state index is 0.314. The molecule has 0 saturated carbocycles. The van der Waals surface area contributed by atoms with Crippen LogP contribution in [0.5, 0.6) is 0 Å². The second kappa shape index (κ2) is 4.56. The van der Waals surface area contributed by atoms with Crippen molar-refractivity contribution in [1.29, 1.82) is 0 Å². The lowest BCUT2D eigenvalue weighted by Gasteiger charge is -2.09. The standard InChI is InChI=1S/C11H13BrO/c1-8-5-10(7-11(12)6-8)9(2)3-4-13/h4-7,9H,3H2,1-2H3. The van der Waals surface area contributed by atoms with E-state index in [1.807, 2.05) is 0 Å². The van der Waals surface area contributed by atoms with Gasteiger partial charge in [0.25, 0.3) is 0 Å². The average Bonchev–Trinajstić information content (AvgIpc) is 2.03. The maximum atomic E-state index is 10.3. The molecule has 0 N–H and O–H groups in total. The lowest BCUT2D eigenvalue weighted by molar-refractivity contribution is -0.108. The normalized spacial score (nSPS) is 12.5. The van der Waals surface area contributed by atoms with Crippen LogP contribution in [0, 0.1) is 6.92 Å². The molecule has 0 amide bonds. The number of carbonyl (C=O) groups is 1. The fourth-order valence-electron chi connectivity index (χ4n) is 1.33. The van der Waals surface area contributed by atoms with Crippen LogP contribution in [0.1, 0.15) is 30.4 Å². The molecule has 1 aromatic rings. The SMILES string of the molecule is Cc1cc(Br)cc(C(C)CC=O)c1. The topological polar surface area (TPSA) is 17.1 Å². The van der Waals surface area contributed by atoms with E-state index in [-0.39, 0.29) is 0 Å². The van der Waals surface area contributed by atoms with Crippen molar-refractivity contribution in [3.05, 3.63) is 33.8 Å². The van der Waals surface area contributed by atoms with Crippen LogP contribution in [-0.4, -0.2) is 6.29 Å². The van der Waals surface area contributed by atoms with E-state index in [1.165, 1.54) is 11.1 Å². The molecule has 0 aromatic heterocycles. The molecule has 1 unspecified atom stereocenters. The first-order valence-corrected chi connectivity index (χ1v) is 5.13. The molecule has 0 aliphatic rings. The van der Waals surface area contributed by atoms with Crippen LogP contribution in [0.3, 0.4) is 0 Å². The zero-order chi connectivity index (χ0) is 9.84. The van der Waals surface area contributed by atoms with Crippen molar-refractivity contribution in [2.45, 2.75) is 26.2 Å². The number of benzene rings is 1. The van der Waals surface area contributed by atoms with Gasteiger partial charge in [-0.05, 0) is 36.1 Å². The van der Waals surface area contributed by atoms with Crippen LogP contribution < -0.4 is 0 Å². The fraction of sp³-hybridized carbons (Fsp3) is 0.364. The molecule has 13 heavy (non-hydrogen) atoms. The fourth-order valence-corrected chi connectivity index (χ4v) is 1.95. The van der Waals surface area contributed by atoms with Gasteiger partial charge in [-0.25, -0.2) is 0 Å². The Labute approximate surface area is 87.3 Å². The van der Waals surface area contributed by atoms with E-state index in [2.05, 4.69) is 48.0 Å².